The van der Waals surface area contributed by atoms with Gasteiger partial charge in [-0.25, -0.2) is 8.42 Å². The summed E-state index contributed by atoms with van der Waals surface area (Å²) in [5.41, 5.74) is -5.65. The van der Waals surface area contributed by atoms with Gasteiger partial charge in [-0.05, 0) is 48.5 Å². The molecule has 0 fully saturated rings. The molecular weight excluding hydrogens is 501 g/mol. The second-order valence-electron chi connectivity index (χ2n) is 6.69. The first-order chi connectivity index (χ1) is 16.2. The largest absolute Gasteiger partial charge is 0.741 e. The Morgan fingerprint density at radius 1 is 0.647 bits per heavy atom. The van der Waals surface area contributed by atoms with Crippen LogP contribution >= 0.6 is 11.8 Å². The van der Waals surface area contributed by atoms with E-state index in [4.69, 9.17) is 13.0 Å². The second kappa shape index (κ2) is 11.6. The van der Waals surface area contributed by atoms with Gasteiger partial charge in [0, 0.05) is 4.90 Å². The molecule has 176 valence electrons. The molecule has 0 amide bonds. The van der Waals surface area contributed by atoms with Crippen molar-refractivity contribution in [2.24, 2.45) is 0 Å². The molecule has 3 nitrogen and oxygen atoms in total. The van der Waals surface area contributed by atoms with Gasteiger partial charge in [0.15, 0.2) is 24.8 Å². The van der Waals surface area contributed by atoms with Gasteiger partial charge in [-0.1, -0.05) is 78.5 Å². The quantitative estimate of drug-likeness (QED) is 0.162. The summed E-state index contributed by atoms with van der Waals surface area (Å²) in [6.07, 6.45) is 0. The first-order valence-corrected chi connectivity index (χ1v) is 13.3. The average molecular weight is 521 g/mol. The first-order valence-electron chi connectivity index (χ1n) is 9.85. The predicted molar refractivity (Wildman–Crippen MR) is 128 cm³/mol. The Balaban J connectivity index is 0.000000350. The number of hydrogen-bond donors (Lipinski definition) is 0. The molecule has 0 aliphatic rings. The fourth-order valence-electron chi connectivity index (χ4n) is 2.82. The third-order valence-corrected chi connectivity index (χ3v) is 8.34. The minimum absolute atomic E-state index is 0.121. The van der Waals surface area contributed by atoms with Crippen molar-refractivity contribution in [2.75, 3.05) is 0 Å². The van der Waals surface area contributed by atoms with E-state index in [0.29, 0.717) is 0 Å². The summed E-state index contributed by atoms with van der Waals surface area (Å²) in [5.74, 6) is 0. The third-order valence-electron chi connectivity index (χ3n) is 4.28. The van der Waals surface area contributed by atoms with Crippen molar-refractivity contribution in [3.05, 3.63) is 115 Å². The van der Waals surface area contributed by atoms with E-state index in [9.17, 15) is 13.2 Å². The molecule has 0 saturated heterocycles. The highest BCUT2D eigenvalue weighted by Gasteiger charge is 2.37. The number of halogens is 3. The van der Waals surface area contributed by atoms with Crippen molar-refractivity contribution in [3.63, 3.8) is 0 Å². The van der Waals surface area contributed by atoms with E-state index in [1.54, 1.807) is 0 Å². The van der Waals surface area contributed by atoms with Gasteiger partial charge in [-0.3, -0.25) is 0 Å². The van der Waals surface area contributed by atoms with Crippen LogP contribution in [-0.4, -0.2) is 18.5 Å². The monoisotopic (exact) mass is 520 g/mol. The van der Waals surface area contributed by atoms with Gasteiger partial charge in [0.25, 0.3) is 0 Å². The summed E-state index contributed by atoms with van der Waals surface area (Å²) >= 11 is 1.84. The van der Waals surface area contributed by atoms with Crippen LogP contribution < -0.4 is 0 Å². The Morgan fingerprint density at radius 3 is 1.47 bits per heavy atom. The van der Waals surface area contributed by atoms with E-state index in [2.05, 4.69) is 115 Å². The van der Waals surface area contributed by atoms with Crippen LogP contribution in [0.2, 0.25) is 0 Å². The maximum absolute atomic E-state index is 10.7. The Labute approximate surface area is 203 Å². The molecule has 0 radical (unpaired) electrons. The maximum atomic E-state index is 10.7. The first kappa shape index (κ1) is 25.9. The summed E-state index contributed by atoms with van der Waals surface area (Å²) in [5, 5.41) is 0. The molecule has 4 aromatic carbocycles. The predicted octanol–water partition coefficient (Wildman–Crippen LogP) is 6.98. The number of benzene rings is 4. The van der Waals surface area contributed by atoms with Crippen LogP contribution in [0, 0.1) is 0 Å². The molecule has 0 aliphatic carbocycles. The van der Waals surface area contributed by atoms with Crippen LogP contribution in [-0.2, 0) is 21.0 Å². The van der Waals surface area contributed by atoms with E-state index in [0.717, 1.165) is 0 Å². The molecule has 0 aliphatic heterocycles. The average Bonchev–Trinajstić information content (AvgIpc) is 2.82. The smallest absolute Gasteiger partial charge is 0.485 e. The zero-order valence-corrected chi connectivity index (χ0v) is 20.0. The number of alkyl halides is 3. The minimum Gasteiger partial charge on any atom is -0.741 e. The highest BCUT2D eigenvalue weighted by atomic mass is 32.2. The lowest BCUT2D eigenvalue weighted by atomic mass is 10.3. The van der Waals surface area contributed by atoms with Crippen molar-refractivity contribution in [2.45, 2.75) is 30.0 Å². The van der Waals surface area contributed by atoms with Crippen LogP contribution in [0.1, 0.15) is 0 Å². The van der Waals surface area contributed by atoms with Crippen LogP contribution in [0.3, 0.4) is 0 Å². The zero-order chi connectivity index (χ0) is 24.6. The van der Waals surface area contributed by atoms with Crippen LogP contribution in [0.4, 0.5) is 13.2 Å². The fourth-order valence-corrected chi connectivity index (χ4v) is 6.18. The molecule has 0 aromatic heterocycles. The number of hydrogen-bond acceptors (Lipinski definition) is 4. The summed E-state index contributed by atoms with van der Waals surface area (Å²) in [7, 11) is -6.21. The van der Waals surface area contributed by atoms with Crippen LogP contribution in [0.25, 0.3) is 0 Å². The van der Waals surface area contributed by atoms with Crippen molar-refractivity contribution < 1.29 is 26.1 Å². The normalized spacial score (nSPS) is 11.6. The van der Waals surface area contributed by atoms with Crippen LogP contribution in [0.15, 0.2) is 140 Å². The molecule has 0 atom stereocenters. The minimum atomic E-state index is -6.09. The zero-order valence-electron chi connectivity index (χ0n) is 17.6. The summed E-state index contributed by atoms with van der Waals surface area (Å²) in [6, 6.07) is 41.0. The van der Waals surface area contributed by atoms with Gasteiger partial charge in [0.05, 0.1) is 4.90 Å². The molecule has 9 heteroatoms. The molecule has 0 bridgehead atoms. The van der Waals surface area contributed by atoms with E-state index in [1.165, 1.54) is 24.5 Å². The maximum Gasteiger partial charge on any atom is 0.485 e. The molecule has 0 saturated carbocycles. The topological polar surface area (TPSA) is 57.2 Å². The Bertz CT molecular complexity index is 1240. The molecule has 0 unspecified atom stereocenters. The summed E-state index contributed by atoms with van der Waals surface area (Å²) < 4.78 is 58.9. The second-order valence-corrected chi connectivity index (χ2v) is 11.2. The van der Waals surface area contributed by atoms with Crippen LogP contribution in [0.5, 0.6) is 0 Å². The van der Waals surface area contributed by atoms with E-state index >= 15 is 0 Å². The Morgan fingerprint density at radius 2 is 1.03 bits per heavy atom. The molecular formula is C25H19F3O3S3. The lowest BCUT2D eigenvalue weighted by molar-refractivity contribution is -0.0517. The van der Waals surface area contributed by atoms with E-state index in [1.807, 2.05) is 11.8 Å². The van der Waals surface area contributed by atoms with Gasteiger partial charge in [0.2, 0.25) is 0 Å². The van der Waals surface area contributed by atoms with Gasteiger partial charge in [-0.15, -0.1) is 0 Å². The lowest BCUT2D eigenvalue weighted by Crippen LogP contribution is -2.21. The molecule has 0 spiro atoms. The van der Waals surface area contributed by atoms with Crippen molar-refractivity contribution in [1.29, 1.82) is 0 Å². The number of rotatable bonds is 5. The van der Waals surface area contributed by atoms with E-state index in [-0.39, 0.29) is 10.9 Å². The van der Waals surface area contributed by atoms with Crippen molar-refractivity contribution in [1.82, 2.24) is 0 Å². The Kier molecular flexibility index (Phi) is 8.84. The summed E-state index contributed by atoms with van der Waals surface area (Å²) in [6.45, 7) is 0. The molecule has 0 N–H and O–H groups in total. The van der Waals surface area contributed by atoms with Crippen molar-refractivity contribution in [3.8, 4) is 0 Å². The fraction of sp³-hybridized carbons (Fsp3) is 0.0400. The van der Waals surface area contributed by atoms with Gasteiger partial charge < -0.3 is 4.55 Å². The van der Waals surface area contributed by atoms with Gasteiger partial charge in [0.1, 0.15) is 10.9 Å². The SMILES string of the molecule is O=S(=O)([O-])C(F)(F)F.c1ccc(Sc2ccccc2[S+](c2ccccc2)c2ccccc2)cc1. The van der Waals surface area contributed by atoms with Gasteiger partial charge >= 0.3 is 5.51 Å². The summed E-state index contributed by atoms with van der Waals surface area (Å²) in [4.78, 5) is 6.65. The standard InChI is InChI=1S/C24H19S2.CHF3O3S/c1-4-12-20(13-5-1)25-23-18-10-11-19-24(23)26(21-14-6-2-7-15-21)22-16-8-3-9-17-22;2-1(3,4)8(5,6)7/h1-19H;(H,5,6,7)/q+1;/p-1. The van der Waals surface area contributed by atoms with Gasteiger partial charge in [-0.2, -0.15) is 13.2 Å². The molecule has 34 heavy (non-hydrogen) atoms. The highest BCUT2D eigenvalue weighted by Crippen LogP contribution is 2.39. The molecule has 4 rings (SSSR count). The highest BCUT2D eigenvalue weighted by molar-refractivity contribution is 8.01. The molecule has 0 heterocycles. The third kappa shape index (κ3) is 7.14. The lowest BCUT2D eigenvalue weighted by Gasteiger charge is -2.11. The Hall–Kier alpha value is -2.72. The van der Waals surface area contributed by atoms with E-state index < -0.39 is 15.6 Å². The molecule has 4 aromatic rings. The van der Waals surface area contributed by atoms with Crippen molar-refractivity contribution >= 4 is 32.8 Å².